The van der Waals surface area contributed by atoms with Crippen molar-refractivity contribution in [3.05, 3.63) is 54.1 Å². The van der Waals surface area contributed by atoms with E-state index in [0.29, 0.717) is 11.5 Å². The van der Waals surface area contributed by atoms with Gasteiger partial charge in [0.25, 0.3) is 0 Å². The second kappa shape index (κ2) is 8.62. The number of amides is 1. The van der Waals surface area contributed by atoms with Gasteiger partial charge in [-0.05, 0) is 42.0 Å². The standard InChI is InChI=1S/C19H21NO4/c1-22-16-9-7-15(8-10-16)20-19(21)6-4-5-14-11-17(23-2)13-18(12-14)24-3/h4-5,7-13H,6H2,1-3H3,(H,20,21)/b5-4+. The van der Waals surface area contributed by atoms with Crippen molar-refractivity contribution >= 4 is 17.7 Å². The number of rotatable bonds is 7. The predicted octanol–water partition coefficient (Wildman–Crippen LogP) is 3.75. The lowest BCUT2D eigenvalue weighted by atomic mass is 10.1. The van der Waals surface area contributed by atoms with Crippen molar-refractivity contribution in [2.24, 2.45) is 0 Å². The van der Waals surface area contributed by atoms with Crippen molar-refractivity contribution in [1.82, 2.24) is 0 Å². The number of hydrogen-bond donors (Lipinski definition) is 1. The highest BCUT2D eigenvalue weighted by Crippen LogP contribution is 2.23. The van der Waals surface area contributed by atoms with Crippen LogP contribution in [0.5, 0.6) is 17.2 Å². The van der Waals surface area contributed by atoms with E-state index in [1.807, 2.05) is 18.2 Å². The first-order valence-corrected chi connectivity index (χ1v) is 7.48. The van der Waals surface area contributed by atoms with Crippen LogP contribution in [0.1, 0.15) is 12.0 Å². The number of methoxy groups -OCH3 is 3. The maximum absolute atomic E-state index is 12.0. The molecule has 126 valence electrons. The number of benzene rings is 2. The van der Waals surface area contributed by atoms with Crippen LogP contribution in [0.15, 0.2) is 48.5 Å². The Morgan fingerprint density at radius 1 is 0.917 bits per heavy atom. The van der Waals surface area contributed by atoms with Crippen molar-refractivity contribution in [3.63, 3.8) is 0 Å². The predicted molar refractivity (Wildman–Crippen MR) is 94.8 cm³/mol. The van der Waals surface area contributed by atoms with E-state index in [4.69, 9.17) is 14.2 Å². The van der Waals surface area contributed by atoms with Crippen LogP contribution >= 0.6 is 0 Å². The lowest BCUT2D eigenvalue weighted by Crippen LogP contribution is -2.09. The van der Waals surface area contributed by atoms with E-state index in [0.717, 1.165) is 17.0 Å². The number of ether oxygens (including phenoxy) is 3. The van der Waals surface area contributed by atoms with Crippen LogP contribution < -0.4 is 19.5 Å². The second-order valence-electron chi connectivity index (χ2n) is 5.03. The molecule has 24 heavy (non-hydrogen) atoms. The van der Waals surface area contributed by atoms with Gasteiger partial charge in [-0.1, -0.05) is 12.2 Å². The van der Waals surface area contributed by atoms with E-state index in [1.165, 1.54) is 0 Å². The van der Waals surface area contributed by atoms with Gasteiger partial charge in [-0.15, -0.1) is 0 Å². The molecule has 5 nitrogen and oxygen atoms in total. The monoisotopic (exact) mass is 327 g/mol. The summed E-state index contributed by atoms with van der Waals surface area (Å²) < 4.78 is 15.5. The molecule has 2 aromatic carbocycles. The molecular formula is C19H21NO4. The van der Waals surface area contributed by atoms with Gasteiger partial charge in [0.1, 0.15) is 17.2 Å². The lowest BCUT2D eigenvalue weighted by Gasteiger charge is -2.06. The minimum absolute atomic E-state index is 0.0914. The van der Waals surface area contributed by atoms with Gasteiger partial charge in [-0.3, -0.25) is 4.79 Å². The number of carbonyl (C=O) groups is 1. The zero-order chi connectivity index (χ0) is 17.4. The summed E-state index contributed by atoms with van der Waals surface area (Å²) in [6.07, 6.45) is 3.93. The third kappa shape index (κ3) is 5.05. The lowest BCUT2D eigenvalue weighted by molar-refractivity contribution is -0.115. The third-order valence-electron chi connectivity index (χ3n) is 3.36. The fraction of sp³-hybridized carbons (Fsp3) is 0.211. The number of hydrogen-bond acceptors (Lipinski definition) is 4. The van der Waals surface area contributed by atoms with Gasteiger partial charge in [0.05, 0.1) is 21.3 Å². The van der Waals surface area contributed by atoms with Crippen molar-refractivity contribution < 1.29 is 19.0 Å². The molecule has 0 saturated heterocycles. The van der Waals surface area contributed by atoms with E-state index < -0.39 is 0 Å². The van der Waals surface area contributed by atoms with Gasteiger partial charge in [0.15, 0.2) is 0 Å². The molecule has 0 aliphatic heterocycles. The molecule has 5 heteroatoms. The zero-order valence-corrected chi connectivity index (χ0v) is 14.0. The molecule has 0 saturated carbocycles. The molecule has 0 heterocycles. The maximum Gasteiger partial charge on any atom is 0.228 e. The quantitative estimate of drug-likeness (QED) is 0.841. The van der Waals surface area contributed by atoms with E-state index in [1.54, 1.807) is 57.7 Å². The molecule has 0 bridgehead atoms. The summed E-state index contributed by atoms with van der Waals surface area (Å²) in [6.45, 7) is 0. The van der Waals surface area contributed by atoms with E-state index in [9.17, 15) is 4.79 Å². The Morgan fingerprint density at radius 2 is 1.50 bits per heavy atom. The molecule has 0 unspecified atom stereocenters. The Balaban J connectivity index is 1.94. The molecule has 0 aromatic heterocycles. The first-order valence-electron chi connectivity index (χ1n) is 7.48. The Kier molecular flexibility index (Phi) is 6.25. The van der Waals surface area contributed by atoms with Gasteiger partial charge in [-0.25, -0.2) is 0 Å². The Labute approximate surface area is 141 Å². The van der Waals surface area contributed by atoms with Gasteiger partial charge < -0.3 is 19.5 Å². The van der Waals surface area contributed by atoms with Crippen LogP contribution in [0.3, 0.4) is 0 Å². The molecule has 1 amide bonds. The molecule has 0 fully saturated rings. The van der Waals surface area contributed by atoms with E-state index in [-0.39, 0.29) is 12.3 Å². The summed E-state index contributed by atoms with van der Waals surface area (Å²) in [5, 5.41) is 2.83. The molecule has 2 rings (SSSR count). The van der Waals surface area contributed by atoms with Crippen molar-refractivity contribution in [1.29, 1.82) is 0 Å². The van der Waals surface area contributed by atoms with Gasteiger partial charge in [0, 0.05) is 18.2 Å². The molecule has 0 atom stereocenters. The number of anilines is 1. The minimum Gasteiger partial charge on any atom is -0.497 e. The van der Waals surface area contributed by atoms with Gasteiger partial charge in [0.2, 0.25) is 5.91 Å². The van der Waals surface area contributed by atoms with Crippen molar-refractivity contribution in [2.45, 2.75) is 6.42 Å². The summed E-state index contributed by atoms with van der Waals surface area (Å²) in [7, 11) is 4.81. The Morgan fingerprint density at radius 3 is 2.04 bits per heavy atom. The van der Waals surface area contributed by atoms with Crippen LogP contribution in [0.4, 0.5) is 5.69 Å². The molecule has 0 aliphatic carbocycles. The molecule has 0 spiro atoms. The smallest absolute Gasteiger partial charge is 0.228 e. The average molecular weight is 327 g/mol. The van der Waals surface area contributed by atoms with E-state index in [2.05, 4.69) is 5.32 Å². The molecule has 0 radical (unpaired) electrons. The highest BCUT2D eigenvalue weighted by atomic mass is 16.5. The second-order valence-corrected chi connectivity index (χ2v) is 5.03. The first kappa shape index (κ1) is 17.4. The van der Waals surface area contributed by atoms with Crippen LogP contribution in [0.25, 0.3) is 6.08 Å². The summed E-state index contributed by atoms with van der Waals surface area (Å²) in [4.78, 5) is 12.0. The average Bonchev–Trinajstić information content (AvgIpc) is 2.62. The zero-order valence-electron chi connectivity index (χ0n) is 14.0. The van der Waals surface area contributed by atoms with Crippen molar-refractivity contribution in [2.75, 3.05) is 26.6 Å². The number of carbonyl (C=O) groups excluding carboxylic acids is 1. The Hall–Kier alpha value is -2.95. The fourth-order valence-corrected chi connectivity index (χ4v) is 2.11. The SMILES string of the molecule is COc1ccc(NC(=O)C/C=C/c2cc(OC)cc(OC)c2)cc1. The van der Waals surface area contributed by atoms with Gasteiger partial charge >= 0.3 is 0 Å². The highest BCUT2D eigenvalue weighted by Gasteiger charge is 2.02. The summed E-state index contributed by atoms with van der Waals surface area (Å²) in [5.41, 5.74) is 1.64. The normalized spacial score (nSPS) is 10.5. The summed E-state index contributed by atoms with van der Waals surface area (Å²) >= 11 is 0. The molecule has 1 N–H and O–H groups in total. The van der Waals surface area contributed by atoms with Crippen molar-refractivity contribution in [3.8, 4) is 17.2 Å². The largest absolute Gasteiger partial charge is 0.497 e. The molecule has 2 aromatic rings. The van der Waals surface area contributed by atoms with Crippen LogP contribution in [0, 0.1) is 0 Å². The molecular weight excluding hydrogens is 306 g/mol. The maximum atomic E-state index is 12.0. The highest BCUT2D eigenvalue weighted by molar-refractivity contribution is 5.92. The third-order valence-corrected chi connectivity index (χ3v) is 3.36. The number of nitrogens with one attached hydrogen (secondary N) is 1. The summed E-state index contributed by atoms with van der Waals surface area (Å²) in [5.74, 6) is 2.07. The van der Waals surface area contributed by atoms with Crippen LogP contribution in [-0.2, 0) is 4.79 Å². The first-order chi connectivity index (χ1) is 11.6. The topological polar surface area (TPSA) is 56.8 Å². The van der Waals surface area contributed by atoms with Crippen LogP contribution in [0.2, 0.25) is 0 Å². The van der Waals surface area contributed by atoms with Crippen LogP contribution in [-0.4, -0.2) is 27.2 Å². The van der Waals surface area contributed by atoms with Gasteiger partial charge in [-0.2, -0.15) is 0 Å². The minimum atomic E-state index is -0.0914. The summed E-state index contributed by atoms with van der Waals surface area (Å²) in [6, 6.07) is 12.7. The van der Waals surface area contributed by atoms with E-state index >= 15 is 0 Å². The fourth-order valence-electron chi connectivity index (χ4n) is 2.11. The Bertz CT molecular complexity index is 686. The molecule has 0 aliphatic rings.